The molecule has 15 heteroatoms. The van der Waals surface area contributed by atoms with Crippen LogP contribution >= 0.6 is 0 Å². The fourth-order valence-electron chi connectivity index (χ4n) is 7.83. The van der Waals surface area contributed by atoms with Crippen molar-refractivity contribution in [3.8, 4) is 0 Å². The maximum atomic E-state index is 13.0. The maximum absolute atomic E-state index is 13.0. The van der Waals surface area contributed by atoms with Crippen LogP contribution in [0.5, 0.6) is 0 Å². The first-order valence-corrected chi connectivity index (χ1v) is 25.6. The lowest BCUT2D eigenvalue weighted by molar-refractivity contribution is -0.332. The van der Waals surface area contributed by atoms with Gasteiger partial charge in [-0.2, -0.15) is 0 Å². The topological polar surface area (TPSA) is 231 Å². The van der Waals surface area contributed by atoms with Crippen LogP contribution in [0.4, 0.5) is 0 Å². The van der Waals surface area contributed by atoms with Crippen molar-refractivity contribution in [3.63, 3.8) is 0 Å². The highest BCUT2D eigenvalue weighted by molar-refractivity contribution is 5.70. The summed E-state index contributed by atoms with van der Waals surface area (Å²) < 4.78 is 33.5. The van der Waals surface area contributed by atoms with Crippen LogP contribution in [0, 0.1) is 0 Å². The van der Waals surface area contributed by atoms with Gasteiger partial charge in [-0.05, 0) is 70.6 Å². The third kappa shape index (κ3) is 26.5. The Labute approximate surface area is 395 Å². The molecule has 0 aliphatic carbocycles. The fourth-order valence-corrected chi connectivity index (χ4v) is 7.83. The Hall–Kier alpha value is -2.28. The third-order valence-corrected chi connectivity index (χ3v) is 12.1. The minimum Gasteiger partial charge on any atom is -0.462 e. The highest BCUT2D eigenvalue weighted by Crippen LogP contribution is 2.26. The van der Waals surface area contributed by atoms with E-state index in [2.05, 4.69) is 50.3 Å². The van der Waals surface area contributed by atoms with E-state index in [1.54, 1.807) is 0 Å². The molecule has 4 unspecified atom stereocenters. The standard InChI is InChI=1S/C51H90O15/c1-3-5-7-9-11-13-15-17-19-21-23-25-27-29-31-33-42(53)61-36-39(64-43(54)34-32-30-28-26-24-22-20-18-16-14-12-10-8-6-4-2)37-62-50-49(60)47(58)45(56)41(66-50)38-63-51-48(59)46(57)44(55)40(35-52)65-51/h14,16-17,19,23,25,39-41,44-52,55-60H,3-13,15,18,20-22,24,26-38H2,1-2H3/b16-14+,19-17+,25-23+/t39-,40-,41-,44+,45+,46?,47?,48?,49?,50-,51-/m1/s1. The molecule has 384 valence electrons. The largest absolute Gasteiger partial charge is 0.462 e. The van der Waals surface area contributed by atoms with E-state index < -0.39 is 99.3 Å². The van der Waals surface area contributed by atoms with Crippen molar-refractivity contribution in [2.75, 3.05) is 26.4 Å². The number of allylic oxidation sites excluding steroid dienone is 6. The molecule has 2 aliphatic heterocycles. The number of hydrogen-bond acceptors (Lipinski definition) is 15. The SMILES string of the molecule is CCCCCC/C=C/CCCCCCCCCC(=O)O[C@H](COC(=O)CCCC/C=C/C/C=C/CCCCCCCC)CO[C@@H]1O[C@H](CO[C@@H]2O[C@H](CO)[C@H](O)C(O)C2O)[C@H](O)C(O)C1O. The molecule has 2 fully saturated rings. The van der Waals surface area contributed by atoms with E-state index >= 15 is 0 Å². The van der Waals surface area contributed by atoms with Gasteiger partial charge in [0.1, 0.15) is 55.4 Å². The van der Waals surface area contributed by atoms with E-state index in [9.17, 15) is 45.3 Å². The smallest absolute Gasteiger partial charge is 0.306 e. The number of esters is 2. The summed E-state index contributed by atoms with van der Waals surface area (Å²) in [7, 11) is 0. The van der Waals surface area contributed by atoms with Gasteiger partial charge in [-0.1, -0.05) is 134 Å². The number of aliphatic hydroxyl groups excluding tert-OH is 7. The Morgan fingerprint density at radius 3 is 1.47 bits per heavy atom. The van der Waals surface area contributed by atoms with Gasteiger partial charge in [0.25, 0.3) is 0 Å². The van der Waals surface area contributed by atoms with E-state index in [4.69, 9.17) is 28.4 Å². The minimum absolute atomic E-state index is 0.154. The van der Waals surface area contributed by atoms with Crippen molar-refractivity contribution < 1.29 is 73.8 Å². The summed E-state index contributed by atoms with van der Waals surface area (Å²) in [5, 5.41) is 72.0. The normalized spacial score (nSPS) is 26.4. The quantitative estimate of drug-likeness (QED) is 0.0188. The van der Waals surface area contributed by atoms with Gasteiger partial charge in [0.2, 0.25) is 0 Å². The van der Waals surface area contributed by atoms with E-state index in [0.29, 0.717) is 12.8 Å². The molecule has 0 aromatic rings. The summed E-state index contributed by atoms with van der Waals surface area (Å²) in [6.45, 7) is 2.53. The highest BCUT2D eigenvalue weighted by Gasteiger charge is 2.47. The summed E-state index contributed by atoms with van der Waals surface area (Å²) in [6.07, 6.45) is 23.2. The predicted molar refractivity (Wildman–Crippen MR) is 252 cm³/mol. The van der Waals surface area contributed by atoms with E-state index in [-0.39, 0.29) is 19.4 Å². The first-order valence-electron chi connectivity index (χ1n) is 25.6. The maximum Gasteiger partial charge on any atom is 0.306 e. The zero-order chi connectivity index (χ0) is 48.2. The molecule has 2 rings (SSSR count). The average molecular weight is 943 g/mol. The van der Waals surface area contributed by atoms with Crippen LogP contribution in [0.15, 0.2) is 36.5 Å². The molecule has 0 amide bonds. The average Bonchev–Trinajstić information content (AvgIpc) is 3.31. The summed E-state index contributed by atoms with van der Waals surface area (Å²) >= 11 is 0. The molecule has 0 aromatic carbocycles. The molecular weight excluding hydrogens is 853 g/mol. The van der Waals surface area contributed by atoms with Crippen LogP contribution in [0.3, 0.4) is 0 Å². The number of rotatable bonds is 39. The van der Waals surface area contributed by atoms with Crippen LogP contribution < -0.4 is 0 Å². The van der Waals surface area contributed by atoms with Crippen molar-refractivity contribution in [3.05, 3.63) is 36.5 Å². The first-order chi connectivity index (χ1) is 32.0. The van der Waals surface area contributed by atoms with Gasteiger partial charge in [0, 0.05) is 12.8 Å². The molecule has 2 saturated heterocycles. The molecular formula is C51H90O15. The van der Waals surface area contributed by atoms with E-state index in [0.717, 1.165) is 57.8 Å². The van der Waals surface area contributed by atoms with Crippen LogP contribution in [0.2, 0.25) is 0 Å². The lowest BCUT2D eigenvalue weighted by atomic mass is 9.98. The number of unbranched alkanes of at least 4 members (excludes halogenated alkanes) is 19. The number of hydrogen-bond donors (Lipinski definition) is 7. The van der Waals surface area contributed by atoms with Crippen LogP contribution in [-0.4, -0.2) is 142 Å². The third-order valence-electron chi connectivity index (χ3n) is 12.1. The van der Waals surface area contributed by atoms with Gasteiger partial charge >= 0.3 is 11.9 Å². The first kappa shape index (κ1) is 59.8. The van der Waals surface area contributed by atoms with Gasteiger partial charge in [-0.15, -0.1) is 0 Å². The number of carbonyl (C=O) groups excluding carboxylic acids is 2. The van der Waals surface area contributed by atoms with Gasteiger partial charge < -0.3 is 64.2 Å². The highest BCUT2D eigenvalue weighted by atomic mass is 16.7. The predicted octanol–water partition coefficient (Wildman–Crippen LogP) is 6.93. The molecule has 0 spiro atoms. The Kier molecular flexibility index (Phi) is 35.0. The lowest BCUT2D eigenvalue weighted by Crippen LogP contribution is -2.61. The van der Waals surface area contributed by atoms with Gasteiger partial charge in [-0.3, -0.25) is 9.59 Å². The van der Waals surface area contributed by atoms with E-state index in [1.807, 2.05) is 0 Å². The molecule has 0 aromatic heterocycles. The van der Waals surface area contributed by atoms with Crippen molar-refractivity contribution in [2.45, 2.75) is 248 Å². The number of aliphatic hydroxyl groups is 7. The van der Waals surface area contributed by atoms with Gasteiger partial charge in [0.15, 0.2) is 18.7 Å². The molecule has 0 saturated carbocycles. The Morgan fingerprint density at radius 1 is 0.485 bits per heavy atom. The number of carbonyl (C=O) groups is 2. The van der Waals surface area contributed by atoms with Crippen LogP contribution in [0.1, 0.15) is 181 Å². The zero-order valence-electron chi connectivity index (χ0n) is 40.4. The molecule has 15 nitrogen and oxygen atoms in total. The summed E-state index contributed by atoms with van der Waals surface area (Å²) in [4.78, 5) is 25.7. The lowest BCUT2D eigenvalue weighted by Gasteiger charge is -2.42. The fraction of sp³-hybridized carbons (Fsp3) is 0.843. The second kappa shape index (κ2) is 38.6. The molecule has 7 N–H and O–H groups in total. The summed E-state index contributed by atoms with van der Waals surface area (Å²) in [5.41, 5.74) is 0. The molecule has 2 heterocycles. The molecule has 11 atom stereocenters. The molecule has 0 radical (unpaired) electrons. The second-order valence-corrected chi connectivity index (χ2v) is 18.0. The van der Waals surface area contributed by atoms with Crippen LogP contribution in [0.25, 0.3) is 0 Å². The Bertz CT molecular complexity index is 1290. The molecule has 2 aliphatic rings. The summed E-state index contributed by atoms with van der Waals surface area (Å²) in [6, 6.07) is 0. The van der Waals surface area contributed by atoms with Gasteiger partial charge in [-0.25, -0.2) is 0 Å². The van der Waals surface area contributed by atoms with Gasteiger partial charge in [0.05, 0.1) is 19.8 Å². The second-order valence-electron chi connectivity index (χ2n) is 18.0. The number of ether oxygens (including phenoxy) is 6. The Balaban J connectivity index is 1.83. The van der Waals surface area contributed by atoms with Crippen molar-refractivity contribution in [1.29, 1.82) is 0 Å². The van der Waals surface area contributed by atoms with E-state index in [1.165, 1.54) is 83.5 Å². The minimum atomic E-state index is -1.77. The Morgan fingerprint density at radius 2 is 0.909 bits per heavy atom. The van der Waals surface area contributed by atoms with Crippen LogP contribution in [-0.2, 0) is 38.0 Å². The summed E-state index contributed by atoms with van der Waals surface area (Å²) in [5.74, 6) is -0.967. The van der Waals surface area contributed by atoms with Crippen molar-refractivity contribution in [2.24, 2.45) is 0 Å². The monoisotopic (exact) mass is 943 g/mol. The van der Waals surface area contributed by atoms with Crippen molar-refractivity contribution in [1.82, 2.24) is 0 Å². The van der Waals surface area contributed by atoms with Crippen molar-refractivity contribution >= 4 is 11.9 Å². The molecule has 66 heavy (non-hydrogen) atoms. The molecule has 0 bridgehead atoms. The zero-order valence-corrected chi connectivity index (χ0v) is 40.4.